The van der Waals surface area contributed by atoms with Gasteiger partial charge in [-0.3, -0.25) is 9.88 Å². The van der Waals surface area contributed by atoms with Gasteiger partial charge < -0.3 is 9.47 Å². The summed E-state index contributed by atoms with van der Waals surface area (Å²) in [5.41, 5.74) is 2.10. The van der Waals surface area contributed by atoms with Crippen LogP contribution in [-0.2, 0) is 11.3 Å². The van der Waals surface area contributed by atoms with Crippen LogP contribution in [0.4, 0.5) is 0 Å². The lowest BCUT2D eigenvalue weighted by Crippen LogP contribution is -2.64. The molecular weight excluding hydrogens is 328 g/mol. The summed E-state index contributed by atoms with van der Waals surface area (Å²) in [5, 5.41) is 0. The van der Waals surface area contributed by atoms with Crippen LogP contribution < -0.4 is 4.74 Å². The SMILES string of the molecule is Cc1ccnc(OCC[C@H]2CCOC3(C2)CN(Cc2ccccn2)C3)n1. The number of pyridine rings is 1. The zero-order valence-corrected chi connectivity index (χ0v) is 15.3. The molecule has 1 atom stereocenters. The number of hydrogen-bond donors (Lipinski definition) is 0. The molecule has 2 aromatic rings. The Kier molecular flexibility index (Phi) is 5.13. The fraction of sp³-hybridized carbons (Fsp3) is 0.550. The second-order valence-electron chi connectivity index (χ2n) is 7.47. The second-order valence-corrected chi connectivity index (χ2v) is 7.47. The molecule has 2 aliphatic heterocycles. The van der Waals surface area contributed by atoms with Gasteiger partial charge in [0.25, 0.3) is 0 Å². The summed E-state index contributed by atoms with van der Waals surface area (Å²) in [6.45, 7) is 6.38. The third kappa shape index (κ3) is 4.19. The van der Waals surface area contributed by atoms with Crippen molar-refractivity contribution in [1.82, 2.24) is 19.9 Å². The van der Waals surface area contributed by atoms with Crippen molar-refractivity contribution >= 4 is 0 Å². The van der Waals surface area contributed by atoms with E-state index < -0.39 is 0 Å². The highest BCUT2D eigenvalue weighted by Crippen LogP contribution is 2.38. The third-order valence-corrected chi connectivity index (χ3v) is 5.26. The van der Waals surface area contributed by atoms with Gasteiger partial charge in [-0.15, -0.1) is 0 Å². The standard InChI is InChI=1S/C20H26N4O2/c1-16-5-9-22-19(23-16)25-10-6-17-7-11-26-20(12-17)14-24(15-20)13-18-4-2-3-8-21-18/h2-5,8-9,17H,6-7,10-15H2,1H3/t17-/m0/s1. The minimum absolute atomic E-state index is 0.0392. The highest BCUT2D eigenvalue weighted by Gasteiger charge is 2.47. The second kappa shape index (κ2) is 7.68. The van der Waals surface area contributed by atoms with E-state index >= 15 is 0 Å². The number of aryl methyl sites for hydroxylation is 1. The maximum Gasteiger partial charge on any atom is 0.316 e. The van der Waals surface area contributed by atoms with Gasteiger partial charge in [0.15, 0.2) is 0 Å². The van der Waals surface area contributed by atoms with Crippen molar-refractivity contribution < 1.29 is 9.47 Å². The topological polar surface area (TPSA) is 60.4 Å². The van der Waals surface area contributed by atoms with Crippen molar-refractivity contribution in [3.63, 3.8) is 0 Å². The summed E-state index contributed by atoms with van der Waals surface area (Å²) in [7, 11) is 0. The molecule has 0 unspecified atom stereocenters. The van der Waals surface area contributed by atoms with Crippen molar-refractivity contribution in [1.29, 1.82) is 0 Å². The molecule has 6 nitrogen and oxygen atoms in total. The Balaban J connectivity index is 1.22. The smallest absolute Gasteiger partial charge is 0.316 e. The van der Waals surface area contributed by atoms with E-state index in [-0.39, 0.29) is 5.60 Å². The first kappa shape index (κ1) is 17.4. The summed E-state index contributed by atoms with van der Waals surface area (Å²) in [6, 6.07) is 8.45. The van der Waals surface area contributed by atoms with E-state index in [2.05, 4.69) is 25.9 Å². The largest absolute Gasteiger partial charge is 0.463 e. The molecule has 0 saturated carbocycles. The van der Waals surface area contributed by atoms with Crippen LogP contribution in [0.2, 0.25) is 0 Å². The van der Waals surface area contributed by atoms with Gasteiger partial charge in [-0.25, -0.2) is 9.97 Å². The normalized spacial score (nSPS) is 22.1. The first-order valence-electron chi connectivity index (χ1n) is 9.39. The molecule has 2 aliphatic rings. The monoisotopic (exact) mass is 354 g/mol. The molecule has 138 valence electrons. The summed E-state index contributed by atoms with van der Waals surface area (Å²) in [5.74, 6) is 0.644. The summed E-state index contributed by atoms with van der Waals surface area (Å²) >= 11 is 0. The van der Waals surface area contributed by atoms with Gasteiger partial charge in [-0.05, 0) is 50.3 Å². The number of likely N-dealkylation sites (tertiary alicyclic amines) is 1. The minimum atomic E-state index is 0.0392. The minimum Gasteiger partial charge on any atom is -0.463 e. The number of nitrogens with zero attached hydrogens (tertiary/aromatic N) is 4. The molecule has 2 saturated heterocycles. The maximum absolute atomic E-state index is 6.15. The zero-order valence-electron chi connectivity index (χ0n) is 15.3. The molecule has 0 N–H and O–H groups in total. The van der Waals surface area contributed by atoms with E-state index in [1.807, 2.05) is 31.3 Å². The van der Waals surface area contributed by atoms with Crippen LogP contribution in [-0.4, -0.2) is 51.8 Å². The molecule has 4 heterocycles. The Labute approximate surface area is 154 Å². The molecule has 0 aliphatic carbocycles. The van der Waals surface area contributed by atoms with Gasteiger partial charge in [-0.1, -0.05) is 6.07 Å². The fourth-order valence-corrected chi connectivity index (χ4v) is 4.01. The van der Waals surface area contributed by atoms with Gasteiger partial charge in [0, 0.05) is 44.3 Å². The van der Waals surface area contributed by atoms with Crippen molar-refractivity contribution in [2.45, 2.75) is 38.3 Å². The van der Waals surface area contributed by atoms with E-state index in [1.54, 1.807) is 6.20 Å². The lowest BCUT2D eigenvalue weighted by molar-refractivity contribution is -0.182. The molecule has 4 rings (SSSR count). The Morgan fingerprint density at radius 1 is 1.23 bits per heavy atom. The van der Waals surface area contributed by atoms with Crippen molar-refractivity contribution in [2.24, 2.45) is 5.92 Å². The molecule has 6 heteroatoms. The zero-order chi connectivity index (χ0) is 17.8. The molecule has 0 radical (unpaired) electrons. The maximum atomic E-state index is 6.15. The molecule has 0 aromatic carbocycles. The number of ether oxygens (including phenoxy) is 2. The highest BCUT2D eigenvalue weighted by atomic mass is 16.5. The van der Waals surface area contributed by atoms with Crippen molar-refractivity contribution in [3.8, 4) is 6.01 Å². The van der Waals surface area contributed by atoms with Gasteiger partial charge in [0.05, 0.1) is 17.9 Å². The van der Waals surface area contributed by atoms with Crippen LogP contribution in [0, 0.1) is 12.8 Å². The van der Waals surface area contributed by atoms with Crippen molar-refractivity contribution in [3.05, 3.63) is 48.0 Å². The first-order chi connectivity index (χ1) is 12.7. The van der Waals surface area contributed by atoms with Gasteiger partial charge >= 0.3 is 6.01 Å². The Morgan fingerprint density at radius 3 is 2.96 bits per heavy atom. The van der Waals surface area contributed by atoms with Crippen LogP contribution in [0.5, 0.6) is 6.01 Å². The van der Waals surface area contributed by atoms with Crippen LogP contribution in [0.15, 0.2) is 36.7 Å². The lowest BCUT2D eigenvalue weighted by Gasteiger charge is -2.53. The van der Waals surface area contributed by atoms with E-state index in [0.717, 1.165) is 56.9 Å². The van der Waals surface area contributed by atoms with Gasteiger partial charge in [0.1, 0.15) is 0 Å². The number of hydrogen-bond acceptors (Lipinski definition) is 6. The first-order valence-corrected chi connectivity index (χ1v) is 9.39. The Morgan fingerprint density at radius 2 is 2.15 bits per heavy atom. The van der Waals surface area contributed by atoms with Crippen LogP contribution in [0.3, 0.4) is 0 Å². The molecule has 2 fully saturated rings. The fourth-order valence-electron chi connectivity index (χ4n) is 4.01. The summed E-state index contributed by atoms with van der Waals surface area (Å²) < 4.78 is 11.9. The Bertz CT molecular complexity index is 719. The average molecular weight is 354 g/mol. The highest BCUT2D eigenvalue weighted by molar-refractivity contribution is 5.07. The lowest BCUT2D eigenvalue weighted by atomic mass is 9.79. The van der Waals surface area contributed by atoms with Gasteiger partial charge in [0.2, 0.25) is 0 Å². The molecule has 26 heavy (non-hydrogen) atoms. The van der Waals surface area contributed by atoms with Crippen LogP contribution in [0.25, 0.3) is 0 Å². The van der Waals surface area contributed by atoms with Crippen LogP contribution in [0.1, 0.15) is 30.7 Å². The van der Waals surface area contributed by atoms with E-state index in [9.17, 15) is 0 Å². The van der Waals surface area contributed by atoms with E-state index in [1.165, 1.54) is 0 Å². The summed E-state index contributed by atoms with van der Waals surface area (Å²) in [4.78, 5) is 15.3. The molecule has 0 amide bonds. The van der Waals surface area contributed by atoms with E-state index in [4.69, 9.17) is 9.47 Å². The quantitative estimate of drug-likeness (QED) is 0.795. The van der Waals surface area contributed by atoms with Crippen molar-refractivity contribution in [2.75, 3.05) is 26.3 Å². The predicted molar refractivity (Wildman–Crippen MR) is 97.8 cm³/mol. The number of rotatable bonds is 6. The Hall–Kier alpha value is -2.05. The molecular formula is C20H26N4O2. The predicted octanol–water partition coefficient (Wildman–Crippen LogP) is 2.63. The summed E-state index contributed by atoms with van der Waals surface area (Å²) in [6.07, 6.45) is 6.86. The van der Waals surface area contributed by atoms with E-state index in [0.29, 0.717) is 18.5 Å². The number of aromatic nitrogens is 3. The van der Waals surface area contributed by atoms with Crippen LogP contribution >= 0.6 is 0 Å². The molecule has 1 spiro atoms. The molecule has 2 aromatic heterocycles. The van der Waals surface area contributed by atoms with Gasteiger partial charge in [-0.2, -0.15) is 0 Å². The average Bonchev–Trinajstić information content (AvgIpc) is 2.62. The third-order valence-electron chi connectivity index (χ3n) is 5.26. The molecule has 0 bridgehead atoms.